The number of H-pyrrole nitrogens is 1. The molecule has 5 aliphatic heterocycles. The van der Waals surface area contributed by atoms with E-state index in [1.807, 2.05) is 73.8 Å². The Labute approximate surface area is 279 Å². The van der Waals surface area contributed by atoms with Gasteiger partial charge in [-0.1, -0.05) is 30.3 Å². The van der Waals surface area contributed by atoms with E-state index in [9.17, 15) is 9.59 Å². The fourth-order valence-electron chi connectivity index (χ4n) is 6.46. The maximum absolute atomic E-state index is 12.3. The number of fused-ring (bicyclic) bond motifs is 5. The minimum absolute atomic E-state index is 0.196. The molecule has 0 aliphatic carbocycles. The van der Waals surface area contributed by atoms with Crippen LogP contribution in [0.15, 0.2) is 128 Å². The summed E-state index contributed by atoms with van der Waals surface area (Å²) in [5, 5.41) is 3.53. The molecule has 1 aromatic heterocycles. The molecule has 0 unspecified atom stereocenters. The Hall–Kier alpha value is -5.77. The first kappa shape index (κ1) is 30.9. The van der Waals surface area contributed by atoms with Crippen LogP contribution in [0.25, 0.3) is 11.1 Å². The van der Waals surface area contributed by atoms with E-state index < -0.39 is 0 Å². The van der Waals surface area contributed by atoms with E-state index in [0.29, 0.717) is 12.8 Å². The molecule has 2 N–H and O–H groups in total. The molecule has 1 saturated heterocycles. The van der Waals surface area contributed by atoms with Crippen molar-refractivity contribution in [2.75, 3.05) is 34.4 Å². The van der Waals surface area contributed by atoms with Crippen molar-refractivity contribution in [3.05, 3.63) is 130 Å². The van der Waals surface area contributed by atoms with Crippen molar-refractivity contribution in [1.82, 2.24) is 15.2 Å². The lowest BCUT2D eigenvalue weighted by molar-refractivity contribution is -0.141. The average molecular weight is 641 g/mol. The molecule has 2 aromatic rings. The zero-order valence-corrected chi connectivity index (χ0v) is 27.2. The Bertz CT molecular complexity index is 2010. The maximum Gasteiger partial charge on any atom is 0.305 e. The van der Waals surface area contributed by atoms with Gasteiger partial charge in [-0.25, -0.2) is 15.0 Å². The predicted octanol–water partition coefficient (Wildman–Crippen LogP) is 5.44. The van der Waals surface area contributed by atoms with E-state index in [0.717, 1.165) is 92.4 Å². The number of ether oxygens (including phenoxy) is 2. The van der Waals surface area contributed by atoms with Crippen molar-refractivity contribution in [3.8, 4) is 0 Å². The largest absolute Gasteiger partial charge is 0.469 e. The number of nitrogens with zero attached hydrogens (tertiary/aromatic N) is 4. The number of aromatic amines is 1. The summed E-state index contributed by atoms with van der Waals surface area (Å²) in [5.74, 6) is 0.359. The summed E-state index contributed by atoms with van der Waals surface area (Å²) in [5.41, 5.74) is 10.8. The van der Waals surface area contributed by atoms with Gasteiger partial charge in [0.1, 0.15) is 5.82 Å². The number of allylic oxidation sites excluding steroid dienone is 9. The monoisotopic (exact) mass is 640 g/mol. The molecule has 0 saturated carbocycles. The molecule has 1 fully saturated rings. The number of benzene rings is 1. The van der Waals surface area contributed by atoms with Gasteiger partial charge in [0.2, 0.25) is 0 Å². The second-order valence-corrected chi connectivity index (χ2v) is 11.9. The standard InChI is InChI=1S/C38H36N6O4/c1-44-22-21-39-38(44)37-32-17-13-28(42-32)24(9-19-34(45)47-2)26-11-15-30(40-26)36(23-7-5-4-6-8-23)31-16-12-27(41-31)25(10-20-35(46)48-3)29-14-18-33(37)43-29/h4-8,11-18,39-40H,9-10,19-22H2,1-3H3. The van der Waals surface area contributed by atoms with Crippen LogP contribution in [0.2, 0.25) is 0 Å². The molecule has 48 heavy (non-hydrogen) atoms. The average Bonchev–Trinajstić information content (AvgIpc) is 3.95. The zero-order chi connectivity index (χ0) is 33.2. The van der Waals surface area contributed by atoms with E-state index in [4.69, 9.17) is 24.5 Å². The minimum Gasteiger partial charge on any atom is -0.469 e. The first-order valence-corrected chi connectivity index (χ1v) is 16.0. The number of hydrogen-bond donors (Lipinski definition) is 2. The number of hydrogen-bond acceptors (Lipinski definition) is 9. The molecule has 7 rings (SSSR count). The molecule has 0 amide bonds. The normalized spacial score (nSPS) is 19.6. The first-order chi connectivity index (χ1) is 23.4. The third kappa shape index (κ3) is 5.92. The highest BCUT2D eigenvalue weighted by molar-refractivity contribution is 6.34. The van der Waals surface area contributed by atoms with Gasteiger partial charge in [0, 0.05) is 61.1 Å². The van der Waals surface area contributed by atoms with Gasteiger partial charge in [-0.05, 0) is 67.0 Å². The van der Waals surface area contributed by atoms with Crippen molar-refractivity contribution < 1.29 is 19.1 Å². The summed E-state index contributed by atoms with van der Waals surface area (Å²) in [4.78, 5) is 46.0. The molecular formula is C38H36N6O4. The Morgan fingerprint density at radius 1 is 0.708 bits per heavy atom. The van der Waals surface area contributed by atoms with Gasteiger partial charge in [0.15, 0.2) is 0 Å². The fourth-order valence-corrected chi connectivity index (χ4v) is 6.46. The summed E-state index contributed by atoms with van der Waals surface area (Å²) in [7, 11) is 4.86. The number of esters is 2. The predicted molar refractivity (Wildman–Crippen MR) is 187 cm³/mol. The molecule has 1 aromatic carbocycles. The van der Waals surface area contributed by atoms with Crippen LogP contribution < -0.4 is 5.32 Å². The van der Waals surface area contributed by atoms with Crippen molar-refractivity contribution >= 4 is 40.2 Å². The quantitative estimate of drug-likeness (QED) is 0.389. The van der Waals surface area contributed by atoms with Crippen LogP contribution >= 0.6 is 0 Å². The van der Waals surface area contributed by atoms with Gasteiger partial charge in [0.05, 0.1) is 54.0 Å². The summed E-state index contributed by atoms with van der Waals surface area (Å²) in [6, 6.07) is 14.2. The van der Waals surface area contributed by atoms with E-state index >= 15 is 0 Å². The summed E-state index contributed by atoms with van der Waals surface area (Å²) < 4.78 is 10.0. The van der Waals surface area contributed by atoms with Gasteiger partial charge < -0.3 is 24.7 Å². The van der Waals surface area contributed by atoms with Crippen LogP contribution in [0.3, 0.4) is 0 Å². The van der Waals surface area contributed by atoms with Crippen molar-refractivity contribution in [2.24, 2.45) is 15.0 Å². The third-order valence-corrected chi connectivity index (χ3v) is 8.93. The van der Waals surface area contributed by atoms with Crippen molar-refractivity contribution in [1.29, 1.82) is 0 Å². The maximum atomic E-state index is 12.3. The summed E-state index contributed by atoms with van der Waals surface area (Å²) in [6.07, 6.45) is 13.2. The number of likely N-dealkylation sites (N-methyl/N-ethyl adjacent to an activating group) is 1. The van der Waals surface area contributed by atoms with Crippen LogP contribution in [-0.2, 0) is 19.1 Å². The molecular weight excluding hydrogens is 604 g/mol. The number of carbonyl (C=O) groups excluding carboxylic acids is 2. The van der Waals surface area contributed by atoms with Crippen LogP contribution in [0.1, 0.15) is 42.6 Å². The second kappa shape index (κ2) is 13.2. The van der Waals surface area contributed by atoms with Crippen molar-refractivity contribution in [3.63, 3.8) is 0 Å². The minimum atomic E-state index is -0.295. The summed E-state index contributed by atoms with van der Waals surface area (Å²) in [6.45, 7) is 1.65. The number of rotatable bonds is 7. The van der Waals surface area contributed by atoms with E-state index in [2.05, 4.69) is 27.3 Å². The van der Waals surface area contributed by atoms with Crippen molar-refractivity contribution in [2.45, 2.75) is 25.7 Å². The Morgan fingerprint density at radius 3 is 1.94 bits per heavy atom. The second-order valence-electron chi connectivity index (χ2n) is 11.9. The molecule has 0 atom stereocenters. The molecule has 0 radical (unpaired) electrons. The molecule has 5 aliphatic rings. The Morgan fingerprint density at radius 2 is 1.29 bits per heavy atom. The number of carbonyl (C=O) groups is 2. The molecule has 10 heteroatoms. The van der Waals surface area contributed by atoms with Crippen LogP contribution in [-0.4, -0.2) is 73.3 Å². The lowest BCUT2D eigenvalue weighted by Gasteiger charge is -2.17. The zero-order valence-electron chi connectivity index (χ0n) is 27.2. The Kier molecular flexibility index (Phi) is 8.46. The lowest BCUT2D eigenvalue weighted by atomic mass is 10.0. The molecule has 0 spiro atoms. The van der Waals surface area contributed by atoms with E-state index in [1.165, 1.54) is 14.2 Å². The van der Waals surface area contributed by atoms with Gasteiger partial charge >= 0.3 is 11.9 Å². The van der Waals surface area contributed by atoms with Gasteiger partial charge in [0.25, 0.3) is 0 Å². The van der Waals surface area contributed by atoms with Gasteiger partial charge in [-0.2, -0.15) is 0 Å². The highest BCUT2D eigenvalue weighted by Crippen LogP contribution is 2.36. The van der Waals surface area contributed by atoms with Crippen LogP contribution in [0, 0.1) is 0 Å². The number of nitrogens with one attached hydrogen (secondary N) is 2. The van der Waals surface area contributed by atoms with Crippen LogP contribution in [0.5, 0.6) is 0 Å². The number of aliphatic imine (C=N–C) groups is 3. The Balaban J connectivity index is 1.49. The third-order valence-electron chi connectivity index (χ3n) is 8.93. The first-order valence-electron chi connectivity index (χ1n) is 16.0. The fraction of sp³-hybridized carbons (Fsp3) is 0.237. The molecule has 242 valence electrons. The van der Waals surface area contributed by atoms with Gasteiger partial charge in [-0.15, -0.1) is 0 Å². The molecule has 6 heterocycles. The molecule has 8 bridgehead atoms. The van der Waals surface area contributed by atoms with E-state index in [-0.39, 0.29) is 24.8 Å². The highest BCUT2D eigenvalue weighted by atomic mass is 16.5. The number of methoxy groups -OCH3 is 2. The van der Waals surface area contributed by atoms with E-state index in [1.54, 1.807) is 0 Å². The SMILES string of the molecule is COC(=O)CCC1=C2C=CC(=N2)C(=C2NCCN2C)C2=NC(=C(CCC(=O)OC)c3ccc([nH]3)C(c3ccccc3)=C3C=CC1=N3)C=C2. The lowest BCUT2D eigenvalue weighted by Crippen LogP contribution is -2.23. The van der Waals surface area contributed by atoms with Crippen LogP contribution in [0.4, 0.5) is 0 Å². The topological polar surface area (TPSA) is 121 Å². The summed E-state index contributed by atoms with van der Waals surface area (Å²) >= 11 is 0. The van der Waals surface area contributed by atoms with Gasteiger partial charge in [-0.3, -0.25) is 9.59 Å². The smallest absolute Gasteiger partial charge is 0.305 e. The molecule has 10 nitrogen and oxygen atoms in total. The number of aromatic nitrogens is 1. The highest BCUT2D eigenvalue weighted by Gasteiger charge is 2.29.